The van der Waals surface area contributed by atoms with Crippen LogP contribution in [0.25, 0.3) is 0 Å². The summed E-state index contributed by atoms with van der Waals surface area (Å²) in [6.45, 7) is 1.88. The van der Waals surface area contributed by atoms with Crippen LogP contribution in [0.3, 0.4) is 0 Å². The van der Waals surface area contributed by atoms with Gasteiger partial charge in [-0.05, 0) is 28.4 Å². The number of aromatic nitrogens is 1. The molecule has 1 saturated heterocycles. The van der Waals surface area contributed by atoms with Crippen molar-refractivity contribution in [1.29, 1.82) is 0 Å². The lowest BCUT2D eigenvalue weighted by Crippen LogP contribution is -2.24. The summed E-state index contributed by atoms with van der Waals surface area (Å²) in [5.74, 6) is 1.47. The number of ether oxygens (including phenoxy) is 1. The smallest absolute Gasteiger partial charge is 0.133 e. The number of hydrogen-bond donors (Lipinski definition) is 0. The number of methoxy groups -OCH3 is 1. The van der Waals surface area contributed by atoms with Gasteiger partial charge in [0.25, 0.3) is 0 Å². The molecule has 88 valence electrons. The van der Waals surface area contributed by atoms with Gasteiger partial charge in [-0.25, -0.2) is 4.98 Å². The minimum absolute atomic E-state index is 0.314. The Hall–Kier alpha value is -0.320. The second-order valence-electron chi connectivity index (χ2n) is 3.86. The Morgan fingerprint density at radius 1 is 1.69 bits per heavy atom. The molecule has 0 bridgehead atoms. The molecule has 2 rings (SSSR count). The second-order valence-corrected chi connectivity index (χ2v) is 5.05. The highest BCUT2D eigenvalue weighted by Gasteiger charge is 2.24. The van der Waals surface area contributed by atoms with Crippen LogP contribution in [0.5, 0.6) is 0 Å². The van der Waals surface area contributed by atoms with Crippen molar-refractivity contribution in [3.8, 4) is 0 Å². The van der Waals surface area contributed by atoms with E-state index >= 15 is 0 Å². The van der Waals surface area contributed by atoms with Gasteiger partial charge in [0.05, 0.1) is 12.0 Å². The van der Waals surface area contributed by atoms with Gasteiger partial charge in [-0.3, -0.25) is 0 Å². The summed E-state index contributed by atoms with van der Waals surface area (Å²) >= 11 is 9.34. The number of rotatable bonds is 3. The Morgan fingerprint density at radius 3 is 3.12 bits per heavy atom. The maximum Gasteiger partial charge on any atom is 0.133 e. The van der Waals surface area contributed by atoms with E-state index in [1.807, 2.05) is 12.3 Å². The van der Waals surface area contributed by atoms with E-state index in [0.717, 1.165) is 35.4 Å². The Labute approximate surface area is 109 Å². The fraction of sp³-hybridized carbons (Fsp3) is 0.545. The van der Waals surface area contributed by atoms with Crippen LogP contribution in [0.2, 0.25) is 0 Å². The van der Waals surface area contributed by atoms with Crippen molar-refractivity contribution in [2.75, 3.05) is 25.1 Å². The summed E-state index contributed by atoms with van der Waals surface area (Å²) < 4.78 is 6.32. The predicted molar refractivity (Wildman–Crippen MR) is 69.1 cm³/mol. The molecule has 1 unspecified atom stereocenters. The minimum Gasteiger partial charge on any atom is -0.380 e. The van der Waals surface area contributed by atoms with Crippen LogP contribution >= 0.6 is 27.5 Å². The van der Waals surface area contributed by atoms with E-state index in [2.05, 4.69) is 25.8 Å². The van der Waals surface area contributed by atoms with Gasteiger partial charge in [0, 0.05) is 36.4 Å². The van der Waals surface area contributed by atoms with Crippen LogP contribution in [0.1, 0.15) is 12.0 Å². The summed E-state index contributed by atoms with van der Waals surface area (Å²) in [5.41, 5.74) is 1.06. The highest BCUT2D eigenvalue weighted by atomic mass is 79.9. The zero-order chi connectivity index (χ0) is 11.5. The average molecular weight is 306 g/mol. The van der Waals surface area contributed by atoms with E-state index in [1.165, 1.54) is 0 Å². The van der Waals surface area contributed by atoms with E-state index in [4.69, 9.17) is 16.3 Å². The minimum atomic E-state index is 0.314. The summed E-state index contributed by atoms with van der Waals surface area (Å²) in [6, 6.07) is 2.02. The molecule has 0 saturated carbocycles. The molecule has 1 fully saturated rings. The monoisotopic (exact) mass is 304 g/mol. The van der Waals surface area contributed by atoms with E-state index < -0.39 is 0 Å². The van der Waals surface area contributed by atoms with Gasteiger partial charge in [0.2, 0.25) is 0 Å². The van der Waals surface area contributed by atoms with E-state index in [0.29, 0.717) is 12.0 Å². The van der Waals surface area contributed by atoms with Gasteiger partial charge >= 0.3 is 0 Å². The largest absolute Gasteiger partial charge is 0.380 e. The van der Waals surface area contributed by atoms with Crippen LogP contribution in [0.15, 0.2) is 16.7 Å². The molecule has 1 aromatic heterocycles. The molecule has 0 N–H and O–H groups in total. The SMILES string of the molecule is COC1CCN(c2ncc(Br)cc2CCl)C1. The highest BCUT2D eigenvalue weighted by Crippen LogP contribution is 2.26. The Kier molecular flexibility index (Phi) is 4.05. The topological polar surface area (TPSA) is 25.4 Å². The van der Waals surface area contributed by atoms with Crippen LogP contribution in [0, 0.1) is 0 Å². The van der Waals surface area contributed by atoms with Gasteiger partial charge in [0.1, 0.15) is 5.82 Å². The van der Waals surface area contributed by atoms with Crippen molar-refractivity contribution < 1.29 is 4.74 Å². The molecule has 0 amide bonds. The van der Waals surface area contributed by atoms with Crippen LogP contribution < -0.4 is 4.90 Å². The highest BCUT2D eigenvalue weighted by molar-refractivity contribution is 9.10. The van der Waals surface area contributed by atoms with Gasteiger partial charge in [-0.1, -0.05) is 0 Å². The first-order valence-electron chi connectivity index (χ1n) is 5.22. The lowest BCUT2D eigenvalue weighted by molar-refractivity contribution is 0.121. The molecule has 1 atom stereocenters. The number of pyridine rings is 1. The van der Waals surface area contributed by atoms with Crippen molar-refractivity contribution in [2.45, 2.75) is 18.4 Å². The maximum atomic E-state index is 5.93. The zero-order valence-electron chi connectivity index (χ0n) is 9.12. The fourth-order valence-corrected chi connectivity index (χ4v) is 2.55. The molecular formula is C11H14BrClN2O. The van der Waals surface area contributed by atoms with Gasteiger partial charge in [-0.2, -0.15) is 0 Å². The Balaban J connectivity index is 2.20. The first kappa shape index (κ1) is 12.1. The summed E-state index contributed by atoms with van der Waals surface area (Å²) in [7, 11) is 1.76. The van der Waals surface area contributed by atoms with Gasteiger partial charge in [-0.15, -0.1) is 11.6 Å². The predicted octanol–water partition coefficient (Wildman–Crippen LogP) is 2.81. The molecule has 0 aliphatic carbocycles. The molecule has 2 heterocycles. The molecule has 1 aromatic rings. The third-order valence-electron chi connectivity index (χ3n) is 2.83. The summed E-state index contributed by atoms with van der Waals surface area (Å²) in [4.78, 5) is 6.67. The lowest BCUT2D eigenvalue weighted by Gasteiger charge is -2.19. The van der Waals surface area contributed by atoms with Crippen LogP contribution in [-0.2, 0) is 10.6 Å². The average Bonchev–Trinajstić information content (AvgIpc) is 2.77. The fourth-order valence-electron chi connectivity index (χ4n) is 1.97. The third kappa shape index (κ3) is 2.50. The number of halogens is 2. The molecule has 5 heteroatoms. The number of hydrogen-bond acceptors (Lipinski definition) is 3. The molecule has 0 radical (unpaired) electrons. The molecule has 0 aromatic carbocycles. The zero-order valence-corrected chi connectivity index (χ0v) is 11.5. The van der Waals surface area contributed by atoms with Crippen molar-refractivity contribution in [1.82, 2.24) is 4.98 Å². The third-order valence-corrected chi connectivity index (χ3v) is 3.55. The first-order valence-corrected chi connectivity index (χ1v) is 6.55. The molecule has 3 nitrogen and oxygen atoms in total. The number of alkyl halides is 1. The van der Waals surface area contributed by atoms with Crippen LogP contribution in [-0.4, -0.2) is 31.3 Å². The summed E-state index contributed by atoms with van der Waals surface area (Å²) in [6.07, 6.45) is 3.18. The number of nitrogens with zero attached hydrogens (tertiary/aromatic N) is 2. The van der Waals surface area contributed by atoms with Crippen molar-refractivity contribution in [3.05, 3.63) is 22.3 Å². The van der Waals surface area contributed by atoms with Crippen molar-refractivity contribution >= 4 is 33.3 Å². The van der Waals surface area contributed by atoms with E-state index in [-0.39, 0.29) is 0 Å². The summed E-state index contributed by atoms with van der Waals surface area (Å²) in [5, 5.41) is 0. The first-order chi connectivity index (χ1) is 7.74. The van der Waals surface area contributed by atoms with E-state index in [1.54, 1.807) is 7.11 Å². The molecular weight excluding hydrogens is 291 g/mol. The van der Waals surface area contributed by atoms with Crippen LogP contribution in [0.4, 0.5) is 5.82 Å². The lowest BCUT2D eigenvalue weighted by atomic mass is 10.3. The maximum absolute atomic E-state index is 5.93. The molecule has 1 aliphatic rings. The standard InChI is InChI=1S/C11H14BrClN2O/c1-16-10-2-3-15(7-10)11-8(5-13)4-9(12)6-14-11/h4,6,10H,2-3,5,7H2,1H3. The van der Waals surface area contributed by atoms with Gasteiger partial charge in [0.15, 0.2) is 0 Å². The second kappa shape index (κ2) is 5.34. The number of anilines is 1. The normalized spacial score (nSPS) is 20.4. The van der Waals surface area contributed by atoms with Crippen molar-refractivity contribution in [3.63, 3.8) is 0 Å². The quantitative estimate of drug-likeness (QED) is 0.803. The molecule has 16 heavy (non-hydrogen) atoms. The van der Waals surface area contributed by atoms with Gasteiger partial charge < -0.3 is 9.64 Å². The molecule has 1 aliphatic heterocycles. The molecule has 0 spiro atoms. The Bertz CT molecular complexity index is 375. The van der Waals surface area contributed by atoms with Crippen molar-refractivity contribution in [2.24, 2.45) is 0 Å². The Morgan fingerprint density at radius 2 is 2.50 bits per heavy atom. The van der Waals surface area contributed by atoms with E-state index in [9.17, 15) is 0 Å².